The van der Waals surface area contributed by atoms with E-state index in [9.17, 15) is 9.59 Å². The summed E-state index contributed by atoms with van der Waals surface area (Å²) in [5.74, 6) is 2.41. The molecular formula is C20H29N3O4. The van der Waals surface area contributed by atoms with Crippen LogP contribution in [0.5, 0.6) is 0 Å². The van der Waals surface area contributed by atoms with Gasteiger partial charge in [0.2, 0.25) is 5.89 Å². The summed E-state index contributed by atoms with van der Waals surface area (Å²) in [7, 11) is 0. The van der Waals surface area contributed by atoms with Crippen LogP contribution >= 0.6 is 0 Å². The number of fused-ring (bicyclic) bond motifs is 2. The lowest BCUT2D eigenvalue weighted by Gasteiger charge is -2.35. The molecule has 7 nitrogen and oxygen atoms in total. The molecule has 1 aromatic rings. The van der Waals surface area contributed by atoms with E-state index in [-0.39, 0.29) is 18.5 Å². The Morgan fingerprint density at radius 2 is 2.04 bits per heavy atom. The number of amides is 1. The first-order chi connectivity index (χ1) is 13.0. The summed E-state index contributed by atoms with van der Waals surface area (Å²) in [6, 6.07) is 0. The second kappa shape index (κ2) is 7.60. The maximum absolute atomic E-state index is 12.5. The molecule has 3 saturated carbocycles. The first-order valence-corrected chi connectivity index (χ1v) is 10.3. The zero-order valence-corrected chi connectivity index (χ0v) is 16.0. The van der Waals surface area contributed by atoms with Gasteiger partial charge in [-0.3, -0.25) is 9.59 Å². The van der Waals surface area contributed by atoms with Crippen molar-refractivity contribution in [2.75, 3.05) is 6.61 Å². The molecular weight excluding hydrogens is 346 g/mol. The fraction of sp³-hybridized carbons (Fsp3) is 0.800. The lowest BCUT2D eigenvalue weighted by molar-refractivity contribution is -0.150. The highest BCUT2D eigenvalue weighted by molar-refractivity contribution is 5.81. The van der Waals surface area contributed by atoms with Crippen LogP contribution in [0.15, 0.2) is 4.52 Å². The number of nitrogens with one attached hydrogen (secondary N) is 1. The Hall–Kier alpha value is -1.92. The van der Waals surface area contributed by atoms with Crippen molar-refractivity contribution in [3.63, 3.8) is 0 Å². The first kappa shape index (κ1) is 18.4. The molecule has 3 aliphatic rings. The van der Waals surface area contributed by atoms with Gasteiger partial charge in [0.15, 0.2) is 12.4 Å². The molecule has 3 atom stereocenters. The number of hydrogen-bond donors (Lipinski definition) is 1. The van der Waals surface area contributed by atoms with Crippen LogP contribution in [0.1, 0.15) is 75.9 Å². The minimum atomic E-state index is -0.607. The third kappa shape index (κ3) is 4.01. The average molecular weight is 375 g/mol. The van der Waals surface area contributed by atoms with E-state index in [0.717, 1.165) is 44.4 Å². The van der Waals surface area contributed by atoms with Gasteiger partial charge in [0.1, 0.15) is 5.54 Å². The molecule has 148 valence electrons. The van der Waals surface area contributed by atoms with E-state index in [1.807, 2.05) is 0 Å². The number of rotatable bonds is 6. The number of ether oxygens (including phenoxy) is 1. The summed E-state index contributed by atoms with van der Waals surface area (Å²) in [6.45, 7) is 1.50. The van der Waals surface area contributed by atoms with E-state index in [0.29, 0.717) is 30.0 Å². The molecule has 1 aromatic heterocycles. The van der Waals surface area contributed by atoms with Crippen LogP contribution in [0.4, 0.5) is 0 Å². The number of carbonyl (C=O) groups is 2. The maximum Gasteiger partial charge on any atom is 0.306 e. The summed E-state index contributed by atoms with van der Waals surface area (Å²) >= 11 is 0. The zero-order chi connectivity index (χ0) is 18.9. The van der Waals surface area contributed by atoms with Crippen molar-refractivity contribution >= 4 is 11.9 Å². The second-order valence-corrected chi connectivity index (χ2v) is 8.63. The Kier molecular flexibility index (Phi) is 5.19. The predicted octanol–water partition coefficient (Wildman–Crippen LogP) is 3.02. The molecule has 4 rings (SSSR count). The van der Waals surface area contributed by atoms with E-state index < -0.39 is 5.54 Å². The standard InChI is InChI=1S/C20H29N3O4/c1-13-21-19(23-27-13)20(7-3-2-4-8-20)22-17(24)12-26-18(25)11-16-10-14-5-6-15(16)9-14/h14-16H,2-12H2,1H3,(H,22,24)/t14-,15-,16+/m0/s1. The van der Waals surface area contributed by atoms with Gasteiger partial charge in [0.25, 0.3) is 5.91 Å². The Balaban J connectivity index is 1.30. The Labute approximate surface area is 159 Å². The zero-order valence-electron chi connectivity index (χ0n) is 16.0. The minimum Gasteiger partial charge on any atom is -0.456 e. The Morgan fingerprint density at radius 3 is 2.67 bits per heavy atom. The highest BCUT2D eigenvalue weighted by Crippen LogP contribution is 2.49. The van der Waals surface area contributed by atoms with E-state index in [4.69, 9.17) is 9.26 Å². The highest BCUT2D eigenvalue weighted by Gasteiger charge is 2.41. The van der Waals surface area contributed by atoms with Gasteiger partial charge < -0.3 is 14.6 Å². The van der Waals surface area contributed by atoms with Gasteiger partial charge in [0.05, 0.1) is 0 Å². The number of aromatic nitrogens is 2. The van der Waals surface area contributed by atoms with Crippen molar-refractivity contribution in [3.8, 4) is 0 Å². The number of nitrogens with zero attached hydrogens (tertiary/aromatic N) is 2. The van der Waals surface area contributed by atoms with Crippen LogP contribution in [-0.4, -0.2) is 28.6 Å². The van der Waals surface area contributed by atoms with E-state index in [1.54, 1.807) is 6.92 Å². The lowest BCUT2D eigenvalue weighted by atomic mass is 9.81. The molecule has 0 saturated heterocycles. The van der Waals surface area contributed by atoms with Crippen molar-refractivity contribution < 1.29 is 18.8 Å². The van der Waals surface area contributed by atoms with E-state index >= 15 is 0 Å². The third-order valence-corrected chi connectivity index (χ3v) is 6.72. The quantitative estimate of drug-likeness (QED) is 0.768. The average Bonchev–Trinajstić information content (AvgIpc) is 3.38. The van der Waals surface area contributed by atoms with Gasteiger partial charge in [-0.05, 0) is 49.9 Å². The van der Waals surface area contributed by atoms with Gasteiger partial charge in [-0.15, -0.1) is 0 Å². The van der Waals surface area contributed by atoms with Gasteiger partial charge in [-0.2, -0.15) is 4.98 Å². The molecule has 0 radical (unpaired) electrons. The summed E-state index contributed by atoms with van der Waals surface area (Å²) in [4.78, 5) is 29.0. The van der Waals surface area contributed by atoms with Gasteiger partial charge in [0, 0.05) is 13.3 Å². The Morgan fingerprint density at radius 1 is 1.22 bits per heavy atom. The number of carbonyl (C=O) groups excluding carboxylic acids is 2. The number of aryl methyl sites for hydroxylation is 1. The van der Waals surface area contributed by atoms with Crippen LogP contribution in [0.3, 0.4) is 0 Å². The monoisotopic (exact) mass is 375 g/mol. The van der Waals surface area contributed by atoms with Gasteiger partial charge in [-0.1, -0.05) is 30.8 Å². The van der Waals surface area contributed by atoms with Crippen LogP contribution < -0.4 is 5.32 Å². The fourth-order valence-electron chi connectivity index (χ4n) is 5.40. The molecule has 1 heterocycles. The van der Waals surface area contributed by atoms with Crippen LogP contribution in [0.25, 0.3) is 0 Å². The van der Waals surface area contributed by atoms with Crippen LogP contribution in [0, 0.1) is 24.7 Å². The van der Waals surface area contributed by atoms with E-state index in [2.05, 4.69) is 15.5 Å². The van der Waals surface area contributed by atoms with Crippen molar-refractivity contribution in [1.29, 1.82) is 0 Å². The largest absolute Gasteiger partial charge is 0.456 e. The third-order valence-electron chi connectivity index (χ3n) is 6.72. The van der Waals surface area contributed by atoms with Crippen LogP contribution in [0.2, 0.25) is 0 Å². The van der Waals surface area contributed by atoms with Gasteiger partial charge >= 0.3 is 5.97 Å². The maximum atomic E-state index is 12.5. The smallest absolute Gasteiger partial charge is 0.306 e. The summed E-state index contributed by atoms with van der Waals surface area (Å²) in [6.07, 6.45) is 10.1. The molecule has 27 heavy (non-hydrogen) atoms. The topological polar surface area (TPSA) is 94.3 Å². The normalized spacial score (nSPS) is 28.9. The molecule has 1 N–H and O–H groups in total. The van der Waals surface area contributed by atoms with E-state index in [1.165, 1.54) is 19.3 Å². The van der Waals surface area contributed by atoms with Crippen molar-refractivity contribution in [3.05, 3.63) is 11.7 Å². The first-order valence-electron chi connectivity index (χ1n) is 10.3. The molecule has 0 aromatic carbocycles. The lowest BCUT2D eigenvalue weighted by Crippen LogP contribution is -2.49. The minimum absolute atomic E-state index is 0.238. The molecule has 0 aliphatic heterocycles. The fourth-order valence-corrected chi connectivity index (χ4v) is 5.40. The van der Waals surface area contributed by atoms with Crippen LogP contribution in [-0.2, 0) is 19.9 Å². The summed E-state index contributed by atoms with van der Waals surface area (Å²) in [5, 5.41) is 7.08. The summed E-state index contributed by atoms with van der Waals surface area (Å²) < 4.78 is 10.4. The number of esters is 1. The molecule has 3 fully saturated rings. The van der Waals surface area contributed by atoms with Crippen molar-refractivity contribution in [2.24, 2.45) is 17.8 Å². The molecule has 0 unspecified atom stereocenters. The van der Waals surface area contributed by atoms with Gasteiger partial charge in [-0.25, -0.2) is 0 Å². The predicted molar refractivity (Wildman–Crippen MR) is 96.5 cm³/mol. The Bertz CT molecular complexity index is 695. The highest BCUT2D eigenvalue weighted by atomic mass is 16.5. The molecule has 0 spiro atoms. The summed E-state index contributed by atoms with van der Waals surface area (Å²) in [5.41, 5.74) is -0.607. The SMILES string of the molecule is Cc1nc(C2(NC(=O)COC(=O)C[C@H]3C[C@H]4CC[C@H]3C4)CCCCC2)no1. The van der Waals surface area contributed by atoms with Crippen molar-refractivity contribution in [2.45, 2.75) is 76.7 Å². The second-order valence-electron chi connectivity index (χ2n) is 8.63. The molecule has 2 bridgehead atoms. The molecule has 3 aliphatic carbocycles. The molecule has 1 amide bonds. The molecule has 7 heteroatoms. The number of hydrogen-bond acceptors (Lipinski definition) is 6. The van der Waals surface area contributed by atoms with Crippen molar-refractivity contribution in [1.82, 2.24) is 15.5 Å².